The highest BCUT2D eigenvalue weighted by Gasteiger charge is 2.09. The maximum atomic E-state index is 3.61. The predicted molar refractivity (Wildman–Crippen MR) is 93.2 cm³/mol. The van der Waals surface area contributed by atoms with Gasteiger partial charge in [0.2, 0.25) is 0 Å². The van der Waals surface area contributed by atoms with E-state index in [0.717, 1.165) is 22.0 Å². The third kappa shape index (κ3) is 3.84. The van der Waals surface area contributed by atoms with Crippen LogP contribution in [0.4, 0.5) is 5.69 Å². The molecule has 20 heavy (non-hydrogen) atoms. The Labute approximate surface area is 137 Å². The third-order valence-corrected chi connectivity index (χ3v) is 4.46. The summed E-state index contributed by atoms with van der Waals surface area (Å²) in [7, 11) is 4.10. The van der Waals surface area contributed by atoms with E-state index in [0.29, 0.717) is 0 Å². The zero-order valence-corrected chi connectivity index (χ0v) is 14.8. The van der Waals surface area contributed by atoms with E-state index in [1.165, 1.54) is 16.8 Å². The summed E-state index contributed by atoms with van der Waals surface area (Å²) in [5.41, 5.74) is 3.82. The molecule has 1 N–H and O–H groups in total. The largest absolute Gasteiger partial charge is 0.370 e. The summed E-state index contributed by atoms with van der Waals surface area (Å²) < 4.78 is 2.25. The highest BCUT2D eigenvalue weighted by Crippen LogP contribution is 2.27. The van der Waals surface area contributed by atoms with Gasteiger partial charge in [0.1, 0.15) is 0 Å². The van der Waals surface area contributed by atoms with Crippen molar-refractivity contribution in [1.82, 2.24) is 5.32 Å². The molecule has 0 atom stereocenters. The van der Waals surface area contributed by atoms with Crippen molar-refractivity contribution in [3.63, 3.8) is 0 Å². The number of benzene rings is 2. The molecule has 0 aliphatic rings. The SMILES string of the molecule is CNCc1ccc(Br)cc1N(C)Cc1ccccc1Br. The molecule has 4 heteroatoms. The van der Waals surface area contributed by atoms with Crippen LogP contribution in [0.25, 0.3) is 0 Å². The maximum Gasteiger partial charge on any atom is 0.0437 e. The molecule has 0 saturated carbocycles. The summed E-state index contributed by atoms with van der Waals surface area (Å²) in [4.78, 5) is 2.28. The van der Waals surface area contributed by atoms with Gasteiger partial charge in [-0.25, -0.2) is 0 Å². The van der Waals surface area contributed by atoms with Gasteiger partial charge in [-0.3, -0.25) is 0 Å². The van der Waals surface area contributed by atoms with Crippen LogP contribution in [-0.2, 0) is 13.1 Å². The normalized spacial score (nSPS) is 10.6. The molecule has 2 rings (SSSR count). The van der Waals surface area contributed by atoms with Crippen LogP contribution < -0.4 is 10.2 Å². The minimum Gasteiger partial charge on any atom is -0.370 e. The minimum absolute atomic E-state index is 0.864. The molecule has 0 radical (unpaired) electrons. The van der Waals surface area contributed by atoms with Gasteiger partial charge in [-0.05, 0) is 36.4 Å². The summed E-state index contributed by atoms with van der Waals surface area (Å²) in [5.74, 6) is 0. The van der Waals surface area contributed by atoms with Gasteiger partial charge in [-0.1, -0.05) is 56.1 Å². The molecule has 0 aliphatic heterocycles. The number of hydrogen-bond donors (Lipinski definition) is 1. The first kappa shape index (κ1) is 15.5. The van der Waals surface area contributed by atoms with Gasteiger partial charge in [0, 0.05) is 34.8 Å². The van der Waals surface area contributed by atoms with Gasteiger partial charge >= 0.3 is 0 Å². The van der Waals surface area contributed by atoms with E-state index in [9.17, 15) is 0 Å². The molecule has 0 aromatic heterocycles. The second-order valence-corrected chi connectivity index (χ2v) is 6.52. The lowest BCUT2D eigenvalue weighted by Gasteiger charge is -2.23. The Hall–Kier alpha value is -0.840. The van der Waals surface area contributed by atoms with Crippen molar-refractivity contribution in [1.29, 1.82) is 0 Å². The number of halogens is 2. The fourth-order valence-electron chi connectivity index (χ4n) is 2.20. The highest BCUT2D eigenvalue weighted by atomic mass is 79.9. The van der Waals surface area contributed by atoms with Crippen molar-refractivity contribution in [3.05, 3.63) is 62.5 Å². The van der Waals surface area contributed by atoms with Crippen molar-refractivity contribution in [2.75, 3.05) is 19.0 Å². The molecule has 0 bridgehead atoms. The van der Waals surface area contributed by atoms with E-state index in [-0.39, 0.29) is 0 Å². The second kappa shape index (κ2) is 7.25. The molecule has 0 aliphatic carbocycles. The highest BCUT2D eigenvalue weighted by molar-refractivity contribution is 9.10. The number of anilines is 1. The second-order valence-electron chi connectivity index (χ2n) is 4.75. The topological polar surface area (TPSA) is 15.3 Å². The number of nitrogens with zero attached hydrogens (tertiary/aromatic N) is 1. The Balaban J connectivity index is 2.26. The average Bonchev–Trinajstić information content (AvgIpc) is 2.43. The molecule has 0 heterocycles. The van der Waals surface area contributed by atoms with Gasteiger partial charge in [0.25, 0.3) is 0 Å². The standard InChI is InChI=1S/C16H18Br2N2/c1-19-10-12-7-8-14(17)9-16(12)20(2)11-13-5-3-4-6-15(13)18/h3-9,19H,10-11H2,1-2H3. The molecule has 2 aromatic rings. The van der Waals surface area contributed by atoms with Crippen LogP contribution >= 0.6 is 31.9 Å². The first-order chi connectivity index (χ1) is 9.61. The zero-order chi connectivity index (χ0) is 14.5. The lowest BCUT2D eigenvalue weighted by molar-refractivity contribution is 0.805. The molecular weight excluding hydrogens is 380 g/mol. The Kier molecular flexibility index (Phi) is 5.64. The Morgan fingerprint density at radius 1 is 1.05 bits per heavy atom. The fourth-order valence-corrected chi connectivity index (χ4v) is 2.96. The summed E-state index contributed by atoms with van der Waals surface area (Å²) in [6, 6.07) is 14.8. The summed E-state index contributed by atoms with van der Waals surface area (Å²) >= 11 is 7.17. The van der Waals surface area contributed by atoms with Crippen LogP contribution in [0.1, 0.15) is 11.1 Å². The Morgan fingerprint density at radius 2 is 1.80 bits per heavy atom. The van der Waals surface area contributed by atoms with E-state index < -0.39 is 0 Å². The zero-order valence-electron chi connectivity index (χ0n) is 11.7. The monoisotopic (exact) mass is 396 g/mol. The van der Waals surface area contributed by atoms with Gasteiger partial charge in [0.05, 0.1) is 0 Å². The number of rotatable bonds is 5. The van der Waals surface area contributed by atoms with Crippen LogP contribution in [0.15, 0.2) is 51.4 Å². The third-order valence-electron chi connectivity index (χ3n) is 3.19. The molecule has 2 nitrogen and oxygen atoms in total. The first-order valence-electron chi connectivity index (χ1n) is 6.49. The van der Waals surface area contributed by atoms with Crippen molar-refractivity contribution < 1.29 is 0 Å². The maximum absolute atomic E-state index is 3.61. The van der Waals surface area contributed by atoms with Crippen molar-refractivity contribution in [2.24, 2.45) is 0 Å². The van der Waals surface area contributed by atoms with E-state index in [2.05, 4.69) is 85.5 Å². The van der Waals surface area contributed by atoms with Crippen LogP contribution in [0.5, 0.6) is 0 Å². The summed E-state index contributed by atoms with van der Waals surface area (Å²) in [5, 5.41) is 3.22. The van der Waals surface area contributed by atoms with E-state index in [1.54, 1.807) is 0 Å². The van der Waals surface area contributed by atoms with Crippen LogP contribution in [0, 0.1) is 0 Å². The molecule has 106 valence electrons. The molecule has 0 fully saturated rings. The van der Waals surface area contributed by atoms with E-state index in [1.807, 2.05) is 13.1 Å². The minimum atomic E-state index is 0.864. The Bertz CT molecular complexity index is 584. The average molecular weight is 398 g/mol. The summed E-state index contributed by atoms with van der Waals surface area (Å²) in [6.07, 6.45) is 0. The van der Waals surface area contributed by atoms with Gasteiger partial charge in [-0.15, -0.1) is 0 Å². The lowest BCUT2D eigenvalue weighted by atomic mass is 10.1. The van der Waals surface area contributed by atoms with Crippen LogP contribution in [-0.4, -0.2) is 14.1 Å². The first-order valence-corrected chi connectivity index (χ1v) is 8.08. The van der Waals surface area contributed by atoms with Gasteiger partial charge in [0.15, 0.2) is 0 Å². The smallest absolute Gasteiger partial charge is 0.0437 e. The summed E-state index contributed by atoms with van der Waals surface area (Å²) in [6.45, 7) is 1.73. The van der Waals surface area contributed by atoms with E-state index in [4.69, 9.17) is 0 Å². The van der Waals surface area contributed by atoms with Crippen molar-refractivity contribution >= 4 is 37.5 Å². The van der Waals surface area contributed by atoms with Crippen molar-refractivity contribution in [2.45, 2.75) is 13.1 Å². The molecule has 0 spiro atoms. The molecule has 0 saturated heterocycles. The molecule has 0 amide bonds. The molecular formula is C16H18Br2N2. The van der Waals surface area contributed by atoms with Gasteiger partial charge < -0.3 is 10.2 Å². The number of nitrogens with one attached hydrogen (secondary N) is 1. The van der Waals surface area contributed by atoms with E-state index >= 15 is 0 Å². The van der Waals surface area contributed by atoms with Gasteiger partial charge in [-0.2, -0.15) is 0 Å². The predicted octanol–water partition coefficient (Wildman–Crippen LogP) is 4.57. The number of hydrogen-bond acceptors (Lipinski definition) is 2. The molecule has 0 unspecified atom stereocenters. The lowest BCUT2D eigenvalue weighted by Crippen LogP contribution is -2.20. The van der Waals surface area contributed by atoms with Crippen LogP contribution in [0.2, 0.25) is 0 Å². The van der Waals surface area contributed by atoms with Crippen molar-refractivity contribution in [3.8, 4) is 0 Å². The quantitative estimate of drug-likeness (QED) is 0.794. The van der Waals surface area contributed by atoms with Crippen LogP contribution in [0.3, 0.4) is 0 Å². The molecule has 2 aromatic carbocycles. The fraction of sp³-hybridized carbons (Fsp3) is 0.250. The Morgan fingerprint density at radius 3 is 2.50 bits per heavy atom.